The Hall–Kier alpha value is -0.970. The maximum atomic E-state index is 4.32. The van der Waals surface area contributed by atoms with Gasteiger partial charge in [0.05, 0.1) is 5.69 Å². The Labute approximate surface area is 105 Å². The largest absolute Gasteiger partial charge is 0.314 e. The molecule has 0 aromatic carbocycles. The molecule has 1 heterocycles. The molecule has 1 rings (SSSR count). The Morgan fingerprint density at radius 2 is 1.88 bits per heavy atom. The minimum absolute atomic E-state index is 0.913. The van der Waals surface area contributed by atoms with Crippen molar-refractivity contribution in [2.24, 2.45) is 0 Å². The van der Waals surface area contributed by atoms with E-state index in [4.69, 9.17) is 0 Å². The number of aromatic nitrogens is 1. The van der Waals surface area contributed by atoms with E-state index in [-0.39, 0.29) is 0 Å². The Kier molecular flexibility index (Phi) is 6.77. The van der Waals surface area contributed by atoms with E-state index in [1.54, 1.807) is 0 Å². The topological polar surface area (TPSA) is 31.4 Å². The summed E-state index contributed by atoms with van der Waals surface area (Å²) in [5.41, 5.74) is 1.13. The number of nitrogens with zero attached hydrogens (tertiary/aromatic N) is 3. The fourth-order valence-corrected chi connectivity index (χ4v) is 1.54. The molecule has 1 aromatic heterocycles. The standard InChI is InChI=1S/C13H24N4/c1-16(2)10-8-14-9-11-17(3)12-13-6-4-5-7-15-13/h4-7,14H,8-12H2,1-3H3. The molecule has 0 aliphatic rings. The van der Waals surface area contributed by atoms with Gasteiger partial charge in [-0.1, -0.05) is 6.07 Å². The summed E-state index contributed by atoms with van der Waals surface area (Å²) < 4.78 is 0. The van der Waals surface area contributed by atoms with Gasteiger partial charge in [0.2, 0.25) is 0 Å². The van der Waals surface area contributed by atoms with Crippen LogP contribution < -0.4 is 5.32 Å². The molecule has 17 heavy (non-hydrogen) atoms. The van der Waals surface area contributed by atoms with Gasteiger partial charge in [0.1, 0.15) is 0 Å². The third-order valence-electron chi connectivity index (χ3n) is 2.56. The fraction of sp³-hybridized carbons (Fsp3) is 0.615. The van der Waals surface area contributed by atoms with Crippen LogP contribution in [-0.4, -0.2) is 62.1 Å². The normalized spacial score (nSPS) is 11.4. The van der Waals surface area contributed by atoms with Crippen molar-refractivity contribution in [3.63, 3.8) is 0 Å². The van der Waals surface area contributed by atoms with Gasteiger partial charge in [0.15, 0.2) is 0 Å². The molecule has 0 aliphatic heterocycles. The highest BCUT2D eigenvalue weighted by atomic mass is 15.1. The first kappa shape index (κ1) is 14.1. The van der Waals surface area contributed by atoms with Crippen LogP contribution in [0, 0.1) is 0 Å². The lowest BCUT2D eigenvalue weighted by molar-refractivity contribution is 0.315. The van der Waals surface area contributed by atoms with Gasteiger partial charge in [0.25, 0.3) is 0 Å². The van der Waals surface area contributed by atoms with Crippen LogP contribution >= 0.6 is 0 Å². The lowest BCUT2D eigenvalue weighted by Gasteiger charge is -2.17. The smallest absolute Gasteiger partial charge is 0.0543 e. The molecule has 0 saturated carbocycles. The highest BCUT2D eigenvalue weighted by Crippen LogP contribution is 1.97. The van der Waals surface area contributed by atoms with Crippen molar-refractivity contribution in [1.29, 1.82) is 0 Å². The van der Waals surface area contributed by atoms with Gasteiger partial charge in [-0.3, -0.25) is 9.88 Å². The first-order valence-corrected chi connectivity index (χ1v) is 6.12. The molecule has 0 bridgehead atoms. The van der Waals surface area contributed by atoms with E-state index in [9.17, 15) is 0 Å². The summed E-state index contributed by atoms with van der Waals surface area (Å²) in [7, 11) is 6.31. The van der Waals surface area contributed by atoms with Crippen molar-refractivity contribution in [2.75, 3.05) is 47.3 Å². The third kappa shape index (κ3) is 7.05. The number of pyridine rings is 1. The maximum Gasteiger partial charge on any atom is 0.0543 e. The number of hydrogen-bond acceptors (Lipinski definition) is 4. The third-order valence-corrected chi connectivity index (χ3v) is 2.56. The van der Waals surface area contributed by atoms with E-state index in [2.05, 4.69) is 47.3 Å². The second-order valence-electron chi connectivity index (χ2n) is 4.61. The van der Waals surface area contributed by atoms with E-state index >= 15 is 0 Å². The van der Waals surface area contributed by atoms with Crippen LogP contribution in [0.1, 0.15) is 5.69 Å². The zero-order chi connectivity index (χ0) is 12.5. The molecule has 0 unspecified atom stereocenters. The molecule has 0 atom stereocenters. The average molecular weight is 236 g/mol. The van der Waals surface area contributed by atoms with Crippen molar-refractivity contribution >= 4 is 0 Å². The van der Waals surface area contributed by atoms with Gasteiger partial charge < -0.3 is 10.2 Å². The summed E-state index contributed by atoms with van der Waals surface area (Å²) in [5, 5.41) is 3.43. The quantitative estimate of drug-likeness (QED) is 0.672. The van der Waals surface area contributed by atoms with Crippen LogP contribution in [0.15, 0.2) is 24.4 Å². The van der Waals surface area contributed by atoms with Crippen LogP contribution in [0.25, 0.3) is 0 Å². The predicted octanol–water partition coefficient (Wildman–Crippen LogP) is 0.665. The molecule has 0 amide bonds. The maximum absolute atomic E-state index is 4.32. The Balaban J connectivity index is 2.07. The molecule has 1 N–H and O–H groups in total. The van der Waals surface area contributed by atoms with Crippen molar-refractivity contribution in [3.05, 3.63) is 30.1 Å². The molecule has 4 nitrogen and oxygen atoms in total. The molecule has 0 fully saturated rings. The van der Waals surface area contributed by atoms with Crippen LogP contribution in [0.2, 0.25) is 0 Å². The molecule has 0 radical (unpaired) electrons. The van der Waals surface area contributed by atoms with Crippen molar-refractivity contribution in [2.45, 2.75) is 6.54 Å². The lowest BCUT2D eigenvalue weighted by atomic mass is 10.3. The summed E-state index contributed by atoms with van der Waals surface area (Å²) in [6.07, 6.45) is 1.85. The summed E-state index contributed by atoms with van der Waals surface area (Å²) in [5.74, 6) is 0. The summed E-state index contributed by atoms with van der Waals surface area (Å²) in [6, 6.07) is 6.05. The van der Waals surface area contributed by atoms with Crippen molar-refractivity contribution in [1.82, 2.24) is 20.1 Å². The van der Waals surface area contributed by atoms with E-state index in [0.29, 0.717) is 0 Å². The SMILES string of the molecule is CN(C)CCNCCN(C)Cc1ccccn1. The summed E-state index contributed by atoms with van der Waals surface area (Å²) >= 11 is 0. The first-order chi connectivity index (χ1) is 8.18. The molecule has 96 valence electrons. The van der Waals surface area contributed by atoms with Crippen molar-refractivity contribution in [3.8, 4) is 0 Å². The average Bonchev–Trinajstić information content (AvgIpc) is 2.29. The van der Waals surface area contributed by atoms with Crippen molar-refractivity contribution < 1.29 is 0 Å². The van der Waals surface area contributed by atoms with Gasteiger partial charge in [-0.05, 0) is 33.3 Å². The van der Waals surface area contributed by atoms with Crippen LogP contribution in [0.5, 0.6) is 0 Å². The number of rotatable bonds is 8. The second-order valence-corrected chi connectivity index (χ2v) is 4.61. The van der Waals surface area contributed by atoms with E-state index in [1.807, 2.05) is 18.3 Å². The molecule has 0 aliphatic carbocycles. The van der Waals surface area contributed by atoms with E-state index < -0.39 is 0 Å². The van der Waals surface area contributed by atoms with Crippen LogP contribution in [0.4, 0.5) is 0 Å². The van der Waals surface area contributed by atoms with Gasteiger partial charge in [-0.25, -0.2) is 0 Å². The molecule has 4 heteroatoms. The Bertz CT molecular complexity index is 287. The molecular formula is C13H24N4. The number of likely N-dealkylation sites (N-methyl/N-ethyl adjacent to an activating group) is 2. The first-order valence-electron chi connectivity index (χ1n) is 6.12. The minimum Gasteiger partial charge on any atom is -0.314 e. The zero-order valence-electron chi connectivity index (χ0n) is 11.2. The lowest BCUT2D eigenvalue weighted by Crippen LogP contribution is -2.33. The van der Waals surface area contributed by atoms with Gasteiger partial charge >= 0.3 is 0 Å². The minimum atomic E-state index is 0.913. The summed E-state index contributed by atoms with van der Waals surface area (Å²) in [6.45, 7) is 5.12. The van der Waals surface area contributed by atoms with Crippen LogP contribution in [0.3, 0.4) is 0 Å². The highest BCUT2D eigenvalue weighted by Gasteiger charge is 2.00. The van der Waals surface area contributed by atoms with Gasteiger partial charge in [0, 0.05) is 38.9 Å². The number of nitrogens with one attached hydrogen (secondary N) is 1. The molecule has 0 spiro atoms. The summed E-state index contributed by atoms with van der Waals surface area (Å²) in [4.78, 5) is 8.79. The van der Waals surface area contributed by atoms with E-state index in [1.165, 1.54) is 0 Å². The van der Waals surface area contributed by atoms with Gasteiger partial charge in [-0.2, -0.15) is 0 Å². The number of hydrogen-bond donors (Lipinski definition) is 1. The Morgan fingerprint density at radius 1 is 1.12 bits per heavy atom. The molecular weight excluding hydrogens is 212 g/mol. The fourth-order valence-electron chi connectivity index (χ4n) is 1.54. The Morgan fingerprint density at radius 3 is 2.53 bits per heavy atom. The van der Waals surface area contributed by atoms with Gasteiger partial charge in [-0.15, -0.1) is 0 Å². The second kappa shape index (κ2) is 8.17. The van der Waals surface area contributed by atoms with Crippen LogP contribution in [-0.2, 0) is 6.54 Å². The van der Waals surface area contributed by atoms with E-state index in [0.717, 1.165) is 38.4 Å². The highest BCUT2D eigenvalue weighted by molar-refractivity contribution is 5.02. The molecule has 0 saturated heterocycles. The molecule has 1 aromatic rings. The zero-order valence-corrected chi connectivity index (χ0v) is 11.2. The monoisotopic (exact) mass is 236 g/mol. The predicted molar refractivity (Wildman–Crippen MR) is 72.0 cm³/mol.